The Balaban J connectivity index is 2.92. The third-order valence-electron chi connectivity index (χ3n) is 2.10. The van der Waals surface area contributed by atoms with E-state index in [1.54, 1.807) is 11.8 Å². The van der Waals surface area contributed by atoms with Crippen molar-refractivity contribution < 1.29 is 13.2 Å². The quantitative estimate of drug-likeness (QED) is 0.860. The average Bonchev–Trinajstić information content (AvgIpc) is 2.26. The van der Waals surface area contributed by atoms with Gasteiger partial charge in [-0.25, -0.2) is 0 Å². The third-order valence-corrected chi connectivity index (χ3v) is 2.84. The minimum absolute atomic E-state index is 0.0112. The van der Waals surface area contributed by atoms with Gasteiger partial charge in [-0.1, -0.05) is 6.92 Å². The first-order valence-electron chi connectivity index (χ1n) is 5.21. The van der Waals surface area contributed by atoms with E-state index in [1.807, 2.05) is 13.2 Å². The summed E-state index contributed by atoms with van der Waals surface area (Å²) >= 11 is 1.58. The summed E-state index contributed by atoms with van der Waals surface area (Å²) in [6.07, 6.45) is -1.98. The summed E-state index contributed by atoms with van der Waals surface area (Å²) in [6.45, 7) is 1.92. The molecule has 0 radical (unpaired) electrons. The lowest BCUT2D eigenvalue weighted by atomic mass is 10.3. The predicted molar refractivity (Wildman–Crippen MR) is 65.3 cm³/mol. The summed E-state index contributed by atoms with van der Waals surface area (Å²) in [5.74, 6) is -1.13. The molecule has 0 saturated carbocycles. The molecule has 1 aromatic rings. The van der Waals surface area contributed by atoms with E-state index in [9.17, 15) is 13.2 Å². The number of hydrogen-bond acceptors (Lipinski definition) is 6. The van der Waals surface area contributed by atoms with Crippen LogP contribution in [0.3, 0.4) is 0 Å². The fourth-order valence-electron chi connectivity index (χ4n) is 1.23. The van der Waals surface area contributed by atoms with Crippen molar-refractivity contribution in [3.8, 4) is 0 Å². The van der Waals surface area contributed by atoms with E-state index >= 15 is 0 Å². The van der Waals surface area contributed by atoms with Gasteiger partial charge in [0.15, 0.2) is 0 Å². The molecule has 3 N–H and O–H groups in total. The highest BCUT2D eigenvalue weighted by Gasteiger charge is 2.35. The molecule has 0 amide bonds. The molecule has 0 aliphatic heterocycles. The number of nitrogens with one attached hydrogen (secondary N) is 1. The van der Waals surface area contributed by atoms with Gasteiger partial charge in [0.05, 0.1) is 0 Å². The number of rotatable bonds is 5. The predicted octanol–water partition coefficient (Wildman–Crippen LogP) is 2.03. The Morgan fingerprint density at radius 3 is 2.50 bits per heavy atom. The molecule has 0 bridgehead atoms. The second kappa shape index (κ2) is 6.07. The fourth-order valence-corrected chi connectivity index (χ4v) is 1.95. The minimum atomic E-state index is -4.63. The van der Waals surface area contributed by atoms with Gasteiger partial charge < -0.3 is 11.1 Å². The van der Waals surface area contributed by atoms with Gasteiger partial charge in [0.25, 0.3) is 0 Å². The normalized spacial score (nSPS) is 13.4. The van der Waals surface area contributed by atoms with Crippen molar-refractivity contribution in [1.29, 1.82) is 0 Å². The Hall–Kier alpha value is -1.25. The number of alkyl halides is 3. The van der Waals surface area contributed by atoms with Crippen LogP contribution in [-0.2, 0) is 6.18 Å². The molecule has 1 aromatic heterocycles. The van der Waals surface area contributed by atoms with E-state index in [2.05, 4.69) is 20.3 Å². The van der Waals surface area contributed by atoms with Crippen LogP contribution in [0.1, 0.15) is 19.2 Å². The van der Waals surface area contributed by atoms with Crippen molar-refractivity contribution in [2.45, 2.75) is 25.6 Å². The van der Waals surface area contributed by atoms with E-state index in [0.29, 0.717) is 0 Å². The molecule has 1 rings (SSSR count). The van der Waals surface area contributed by atoms with Crippen LogP contribution in [0.4, 0.5) is 25.1 Å². The van der Waals surface area contributed by atoms with Crippen molar-refractivity contribution in [3.05, 3.63) is 5.82 Å². The van der Waals surface area contributed by atoms with Crippen molar-refractivity contribution >= 4 is 23.7 Å². The van der Waals surface area contributed by atoms with Crippen molar-refractivity contribution in [3.63, 3.8) is 0 Å². The Labute approximate surface area is 107 Å². The largest absolute Gasteiger partial charge is 0.451 e. The molecule has 0 spiro atoms. The second-order valence-corrected chi connectivity index (χ2v) is 4.45. The Kier molecular flexibility index (Phi) is 5.00. The molecule has 102 valence electrons. The number of hydrogen-bond donors (Lipinski definition) is 2. The Morgan fingerprint density at radius 1 is 1.33 bits per heavy atom. The molecule has 0 aliphatic carbocycles. The number of anilines is 2. The molecular formula is C9H14F3N5S. The van der Waals surface area contributed by atoms with Crippen LogP contribution in [0.5, 0.6) is 0 Å². The lowest BCUT2D eigenvalue weighted by molar-refractivity contribution is -0.144. The lowest BCUT2D eigenvalue weighted by Gasteiger charge is -2.16. The highest BCUT2D eigenvalue weighted by Crippen LogP contribution is 2.27. The summed E-state index contributed by atoms with van der Waals surface area (Å²) in [7, 11) is 0. The van der Waals surface area contributed by atoms with E-state index in [0.717, 1.165) is 12.2 Å². The van der Waals surface area contributed by atoms with Gasteiger partial charge in [0.1, 0.15) is 0 Å². The lowest BCUT2D eigenvalue weighted by Crippen LogP contribution is -2.24. The molecule has 1 atom stereocenters. The van der Waals surface area contributed by atoms with Crippen LogP contribution in [-0.4, -0.2) is 33.0 Å². The van der Waals surface area contributed by atoms with Crippen LogP contribution >= 0.6 is 11.8 Å². The summed E-state index contributed by atoms with van der Waals surface area (Å²) in [4.78, 5) is 10.0. The number of nitrogens with zero attached hydrogens (tertiary/aromatic N) is 3. The number of nitrogen functional groups attached to an aromatic ring is 1. The zero-order valence-electron chi connectivity index (χ0n) is 9.95. The van der Waals surface area contributed by atoms with E-state index < -0.39 is 17.9 Å². The number of thioether (sulfide) groups is 1. The maximum atomic E-state index is 12.5. The first kappa shape index (κ1) is 14.8. The zero-order valence-corrected chi connectivity index (χ0v) is 10.8. The van der Waals surface area contributed by atoms with Gasteiger partial charge in [-0.15, -0.1) is 0 Å². The van der Waals surface area contributed by atoms with Crippen LogP contribution in [0.2, 0.25) is 0 Å². The van der Waals surface area contributed by atoms with Crippen molar-refractivity contribution in [2.24, 2.45) is 0 Å². The second-order valence-electron chi connectivity index (χ2n) is 3.54. The van der Waals surface area contributed by atoms with Gasteiger partial charge in [-0.05, 0) is 12.7 Å². The summed E-state index contributed by atoms with van der Waals surface area (Å²) in [5.41, 5.74) is 5.24. The van der Waals surface area contributed by atoms with Gasteiger partial charge in [-0.3, -0.25) is 0 Å². The number of aromatic nitrogens is 3. The van der Waals surface area contributed by atoms with Gasteiger partial charge >= 0.3 is 6.18 Å². The maximum absolute atomic E-state index is 12.5. The monoisotopic (exact) mass is 281 g/mol. The molecule has 18 heavy (non-hydrogen) atoms. The molecule has 5 nitrogen and oxygen atoms in total. The van der Waals surface area contributed by atoms with Crippen LogP contribution in [0.15, 0.2) is 0 Å². The average molecular weight is 281 g/mol. The molecule has 0 fully saturated rings. The summed E-state index contributed by atoms with van der Waals surface area (Å²) < 4.78 is 37.4. The SMILES string of the molecule is CCC(CSC)Nc1nc(N)nc(C(F)(F)F)n1. The number of nitrogens with two attached hydrogens (primary N) is 1. The highest BCUT2D eigenvalue weighted by molar-refractivity contribution is 7.98. The van der Waals surface area contributed by atoms with Gasteiger partial charge in [0.2, 0.25) is 17.7 Å². The first-order chi connectivity index (χ1) is 8.36. The summed E-state index contributed by atoms with van der Waals surface area (Å²) in [5, 5.41) is 2.82. The fraction of sp³-hybridized carbons (Fsp3) is 0.667. The minimum Gasteiger partial charge on any atom is -0.368 e. The molecule has 0 aliphatic rings. The van der Waals surface area contributed by atoms with E-state index in [1.165, 1.54) is 0 Å². The zero-order chi connectivity index (χ0) is 13.8. The Bertz CT molecular complexity index is 398. The van der Waals surface area contributed by atoms with Gasteiger partial charge in [-0.2, -0.15) is 39.9 Å². The molecular weight excluding hydrogens is 267 g/mol. The maximum Gasteiger partial charge on any atom is 0.451 e. The summed E-state index contributed by atoms with van der Waals surface area (Å²) in [6, 6.07) is -0.0112. The smallest absolute Gasteiger partial charge is 0.368 e. The standard InChI is InChI=1S/C9H14F3N5S/c1-3-5(4-18-2)14-8-16-6(9(10,11)12)15-7(13)17-8/h5H,3-4H2,1-2H3,(H3,13,14,15,16,17). The molecule has 1 heterocycles. The number of halogens is 3. The van der Waals surface area contributed by atoms with Crippen molar-refractivity contribution in [1.82, 2.24) is 15.0 Å². The van der Waals surface area contributed by atoms with Crippen LogP contribution in [0.25, 0.3) is 0 Å². The van der Waals surface area contributed by atoms with E-state index in [-0.39, 0.29) is 12.0 Å². The van der Waals surface area contributed by atoms with Crippen LogP contribution < -0.4 is 11.1 Å². The third kappa shape index (κ3) is 4.21. The van der Waals surface area contributed by atoms with Crippen LogP contribution in [0, 0.1) is 0 Å². The van der Waals surface area contributed by atoms with Crippen molar-refractivity contribution in [2.75, 3.05) is 23.1 Å². The van der Waals surface area contributed by atoms with Gasteiger partial charge in [0, 0.05) is 11.8 Å². The molecule has 9 heteroatoms. The van der Waals surface area contributed by atoms with E-state index in [4.69, 9.17) is 5.73 Å². The molecule has 0 saturated heterocycles. The first-order valence-corrected chi connectivity index (χ1v) is 6.60. The Morgan fingerprint density at radius 2 is 2.00 bits per heavy atom. The molecule has 1 unspecified atom stereocenters. The highest BCUT2D eigenvalue weighted by atomic mass is 32.2. The topological polar surface area (TPSA) is 76.7 Å². The molecule has 0 aromatic carbocycles.